The number of nitrogens with two attached hydrogens (primary N) is 1. The SMILES string of the molecule is CC(C)(C)NC(=O)CCNCc1ccc(C(N)=O)cc1Cl. The lowest BCUT2D eigenvalue weighted by atomic mass is 10.1. The van der Waals surface area contributed by atoms with Gasteiger partial charge in [0, 0.05) is 35.6 Å². The van der Waals surface area contributed by atoms with Crippen LogP contribution in [0.1, 0.15) is 43.1 Å². The largest absolute Gasteiger partial charge is 0.366 e. The Morgan fingerprint density at radius 2 is 1.95 bits per heavy atom. The lowest BCUT2D eigenvalue weighted by Crippen LogP contribution is -2.41. The molecular formula is C15H22ClN3O2. The van der Waals surface area contributed by atoms with Crippen LogP contribution in [-0.2, 0) is 11.3 Å². The van der Waals surface area contributed by atoms with E-state index in [1.807, 2.05) is 20.8 Å². The number of amides is 2. The van der Waals surface area contributed by atoms with Gasteiger partial charge in [-0.1, -0.05) is 17.7 Å². The van der Waals surface area contributed by atoms with Gasteiger partial charge in [0.05, 0.1) is 0 Å². The number of benzene rings is 1. The van der Waals surface area contributed by atoms with Crippen LogP contribution in [0.3, 0.4) is 0 Å². The van der Waals surface area contributed by atoms with Crippen LogP contribution in [0, 0.1) is 0 Å². The van der Waals surface area contributed by atoms with Crippen LogP contribution < -0.4 is 16.4 Å². The van der Waals surface area contributed by atoms with Crippen LogP contribution in [0.2, 0.25) is 5.02 Å². The van der Waals surface area contributed by atoms with E-state index in [2.05, 4.69) is 10.6 Å². The number of hydrogen-bond donors (Lipinski definition) is 3. The summed E-state index contributed by atoms with van der Waals surface area (Å²) in [5.41, 5.74) is 6.20. The van der Waals surface area contributed by atoms with Crippen molar-refractivity contribution in [1.82, 2.24) is 10.6 Å². The fourth-order valence-corrected chi connectivity index (χ4v) is 2.00. The minimum Gasteiger partial charge on any atom is -0.366 e. The molecule has 4 N–H and O–H groups in total. The molecule has 2 amide bonds. The second-order valence-electron chi connectivity index (χ2n) is 5.90. The van der Waals surface area contributed by atoms with Crippen molar-refractivity contribution < 1.29 is 9.59 Å². The van der Waals surface area contributed by atoms with E-state index in [1.54, 1.807) is 18.2 Å². The molecule has 0 spiro atoms. The maximum atomic E-state index is 11.6. The molecule has 1 aromatic rings. The zero-order valence-electron chi connectivity index (χ0n) is 12.6. The minimum atomic E-state index is -0.504. The molecule has 0 heterocycles. The fraction of sp³-hybridized carbons (Fsp3) is 0.467. The van der Waals surface area contributed by atoms with Crippen molar-refractivity contribution in [2.75, 3.05) is 6.54 Å². The molecule has 0 aromatic heterocycles. The van der Waals surface area contributed by atoms with Crippen LogP contribution >= 0.6 is 11.6 Å². The van der Waals surface area contributed by atoms with Gasteiger partial charge in [0.1, 0.15) is 0 Å². The summed E-state index contributed by atoms with van der Waals surface area (Å²) in [6.07, 6.45) is 0.397. The number of rotatable bonds is 6. The fourth-order valence-electron chi connectivity index (χ4n) is 1.75. The van der Waals surface area contributed by atoms with Gasteiger partial charge in [0.15, 0.2) is 0 Å². The summed E-state index contributed by atoms with van der Waals surface area (Å²) in [7, 11) is 0. The molecule has 116 valence electrons. The van der Waals surface area contributed by atoms with Crippen LogP contribution in [-0.4, -0.2) is 23.9 Å². The summed E-state index contributed by atoms with van der Waals surface area (Å²) in [4.78, 5) is 22.6. The number of carbonyl (C=O) groups is 2. The average Bonchev–Trinajstić information content (AvgIpc) is 2.33. The Bertz CT molecular complexity index is 524. The average molecular weight is 312 g/mol. The Balaban J connectivity index is 2.40. The van der Waals surface area contributed by atoms with Gasteiger partial charge in [-0.3, -0.25) is 9.59 Å². The second kappa shape index (κ2) is 7.43. The third kappa shape index (κ3) is 6.60. The normalized spacial score (nSPS) is 11.2. The summed E-state index contributed by atoms with van der Waals surface area (Å²) < 4.78 is 0. The Labute approximate surface area is 130 Å². The maximum Gasteiger partial charge on any atom is 0.248 e. The zero-order chi connectivity index (χ0) is 16.0. The van der Waals surface area contributed by atoms with Crippen molar-refractivity contribution in [2.24, 2.45) is 5.73 Å². The predicted octanol–water partition coefficient (Wildman–Crippen LogP) is 1.83. The van der Waals surface area contributed by atoms with Crippen molar-refractivity contribution in [3.8, 4) is 0 Å². The standard InChI is InChI=1S/C15H22ClN3O2/c1-15(2,3)19-13(20)6-7-18-9-11-5-4-10(14(17)21)8-12(11)16/h4-5,8,18H,6-7,9H2,1-3H3,(H2,17,21)(H,19,20). The molecule has 0 aliphatic rings. The van der Waals surface area contributed by atoms with Gasteiger partial charge in [-0.05, 0) is 38.5 Å². The topological polar surface area (TPSA) is 84.2 Å². The molecule has 21 heavy (non-hydrogen) atoms. The van der Waals surface area contributed by atoms with Crippen molar-refractivity contribution in [2.45, 2.75) is 39.3 Å². The lowest BCUT2D eigenvalue weighted by Gasteiger charge is -2.20. The number of carbonyl (C=O) groups excluding carboxylic acids is 2. The summed E-state index contributed by atoms with van der Waals surface area (Å²) in [6, 6.07) is 4.94. The lowest BCUT2D eigenvalue weighted by molar-refractivity contribution is -0.122. The predicted molar refractivity (Wildman–Crippen MR) is 84.2 cm³/mol. The molecule has 0 bridgehead atoms. The molecule has 0 aliphatic carbocycles. The Kier molecular flexibility index (Phi) is 6.18. The van der Waals surface area contributed by atoms with Gasteiger partial charge in [-0.25, -0.2) is 0 Å². The Morgan fingerprint density at radius 1 is 1.29 bits per heavy atom. The van der Waals surface area contributed by atoms with Crippen LogP contribution in [0.5, 0.6) is 0 Å². The minimum absolute atomic E-state index is 0.00479. The summed E-state index contributed by atoms with van der Waals surface area (Å²) in [5.74, 6) is -0.500. The van der Waals surface area contributed by atoms with E-state index in [0.717, 1.165) is 5.56 Å². The van der Waals surface area contributed by atoms with Gasteiger partial charge >= 0.3 is 0 Å². The van der Waals surface area contributed by atoms with Crippen molar-refractivity contribution >= 4 is 23.4 Å². The van der Waals surface area contributed by atoms with E-state index < -0.39 is 5.91 Å². The number of primary amides is 1. The quantitative estimate of drug-likeness (QED) is 0.701. The third-order valence-electron chi connectivity index (χ3n) is 2.70. The highest BCUT2D eigenvalue weighted by molar-refractivity contribution is 6.31. The molecule has 0 radical (unpaired) electrons. The van der Waals surface area contributed by atoms with E-state index in [1.165, 1.54) is 0 Å². The molecule has 0 atom stereocenters. The number of hydrogen-bond acceptors (Lipinski definition) is 3. The van der Waals surface area contributed by atoms with Gasteiger partial charge < -0.3 is 16.4 Å². The molecule has 6 heteroatoms. The molecule has 0 unspecified atom stereocenters. The van der Waals surface area contributed by atoms with Crippen LogP contribution in [0.4, 0.5) is 0 Å². The second-order valence-corrected chi connectivity index (χ2v) is 6.30. The highest BCUT2D eigenvalue weighted by Gasteiger charge is 2.13. The van der Waals surface area contributed by atoms with E-state index in [-0.39, 0.29) is 11.4 Å². The van der Waals surface area contributed by atoms with Crippen molar-refractivity contribution in [3.63, 3.8) is 0 Å². The Hall–Kier alpha value is -1.59. The molecular weight excluding hydrogens is 290 g/mol. The third-order valence-corrected chi connectivity index (χ3v) is 3.05. The smallest absolute Gasteiger partial charge is 0.248 e. The summed E-state index contributed by atoms with van der Waals surface area (Å²) in [5, 5.41) is 6.52. The van der Waals surface area contributed by atoms with Crippen molar-refractivity contribution in [1.29, 1.82) is 0 Å². The van der Waals surface area contributed by atoms with E-state index >= 15 is 0 Å². The van der Waals surface area contributed by atoms with Crippen LogP contribution in [0.15, 0.2) is 18.2 Å². The van der Waals surface area contributed by atoms with Gasteiger partial charge in [-0.2, -0.15) is 0 Å². The first-order valence-electron chi connectivity index (χ1n) is 6.79. The van der Waals surface area contributed by atoms with E-state index in [9.17, 15) is 9.59 Å². The molecule has 1 rings (SSSR count). The summed E-state index contributed by atoms with van der Waals surface area (Å²) >= 11 is 6.08. The van der Waals surface area contributed by atoms with Crippen molar-refractivity contribution in [3.05, 3.63) is 34.3 Å². The zero-order valence-corrected chi connectivity index (χ0v) is 13.4. The number of halogens is 1. The monoisotopic (exact) mass is 311 g/mol. The highest BCUT2D eigenvalue weighted by atomic mass is 35.5. The summed E-state index contributed by atoms with van der Waals surface area (Å²) in [6.45, 7) is 6.91. The Morgan fingerprint density at radius 3 is 2.48 bits per heavy atom. The van der Waals surface area contributed by atoms with E-state index in [0.29, 0.717) is 30.1 Å². The van der Waals surface area contributed by atoms with E-state index in [4.69, 9.17) is 17.3 Å². The maximum absolute atomic E-state index is 11.6. The number of nitrogens with one attached hydrogen (secondary N) is 2. The van der Waals surface area contributed by atoms with Gasteiger partial charge in [-0.15, -0.1) is 0 Å². The molecule has 5 nitrogen and oxygen atoms in total. The molecule has 0 saturated heterocycles. The molecule has 0 aliphatic heterocycles. The molecule has 1 aromatic carbocycles. The highest BCUT2D eigenvalue weighted by Crippen LogP contribution is 2.17. The van der Waals surface area contributed by atoms with Gasteiger partial charge in [0.25, 0.3) is 0 Å². The van der Waals surface area contributed by atoms with Crippen LogP contribution in [0.25, 0.3) is 0 Å². The molecule has 0 fully saturated rings. The first-order valence-corrected chi connectivity index (χ1v) is 7.17. The first kappa shape index (κ1) is 17.5. The first-order chi connectivity index (χ1) is 9.69. The molecule has 0 saturated carbocycles. The van der Waals surface area contributed by atoms with Gasteiger partial charge in [0.2, 0.25) is 11.8 Å².